The second-order valence-corrected chi connectivity index (χ2v) is 6.18. The highest BCUT2D eigenvalue weighted by molar-refractivity contribution is 5.42. The Balaban J connectivity index is 2.58. The van der Waals surface area contributed by atoms with Gasteiger partial charge in [-0.25, -0.2) is 4.98 Å². The predicted molar refractivity (Wildman–Crippen MR) is 81.8 cm³/mol. The SMILES string of the molecule is Cc1cc(NCCCN(C)C)nc(NC(C)(C)C)n1. The predicted octanol–water partition coefficient (Wildman–Crippen LogP) is 2.36. The minimum atomic E-state index is -0.0318. The number of nitrogens with one attached hydrogen (secondary N) is 2. The summed E-state index contributed by atoms with van der Waals surface area (Å²) in [5.41, 5.74) is 0.938. The van der Waals surface area contributed by atoms with E-state index in [4.69, 9.17) is 0 Å². The molecule has 1 aromatic heterocycles. The molecule has 0 aromatic carbocycles. The second kappa shape index (κ2) is 6.70. The number of hydrogen-bond donors (Lipinski definition) is 2. The molecule has 0 atom stereocenters. The first-order valence-corrected chi connectivity index (χ1v) is 6.79. The maximum absolute atomic E-state index is 4.49. The first kappa shape index (κ1) is 15.7. The van der Waals surface area contributed by atoms with E-state index in [0.717, 1.165) is 31.0 Å². The van der Waals surface area contributed by atoms with Crippen LogP contribution >= 0.6 is 0 Å². The lowest BCUT2D eigenvalue weighted by Gasteiger charge is -2.21. The second-order valence-electron chi connectivity index (χ2n) is 6.18. The highest BCUT2D eigenvalue weighted by Crippen LogP contribution is 2.14. The summed E-state index contributed by atoms with van der Waals surface area (Å²) in [6.45, 7) is 10.3. The minimum absolute atomic E-state index is 0.0318. The smallest absolute Gasteiger partial charge is 0.225 e. The first-order valence-electron chi connectivity index (χ1n) is 6.79. The molecule has 108 valence electrons. The molecule has 2 N–H and O–H groups in total. The van der Waals surface area contributed by atoms with Crippen LogP contribution in [0.25, 0.3) is 0 Å². The fourth-order valence-electron chi connectivity index (χ4n) is 1.66. The molecule has 0 aliphatic rings. The summed E-state index contributed by atoms with van der Waals surface area (Å²) in [5.74, 6) is 1.57. The summed E-state index contributed by atoms with van der Waals surface area (Å²) < 4.78 is 0. The fraction of sp³-hybridized carbons (Fsp3) is 0.714. The number of rotatable bonds is 6. The van der Waals surface area contributed by atoms with Crippen LogP contribution in [-0.2, 0) is 0 Å². The average Bonchev–Trinajstić information content (AvgIpc) is 2.20. The van der Waals surface area contributed by atoms with E-state index in [9.17, 15) is 0 Å². The van der Waals surface area contributed by atoms with Crippen molar-refractivity contribution in [2.24, 2.45) is 0 Å². The lowest BCUT2D eigenvalue weighted by molar-refractivity contribution is 0.405. The van der Waals surface area contributed by atoms with Crippen molar-refractivity contribution in [1.82, 2.24) is 14.9 Å². The van der Waals surface area contributed by atoms with Gasteiger partial charge in [0, 0.05) is 23.8 Å². The molecule has 0 saturated carbocycles. The van der Waals surface area contributed by atoms with Gasteiger partial charge in [0.2, 0.25) is 5.95 Å². The first-order chi connectivity index (χ1) is 8.76. The normalized spacial score (nSPS) is 11.7. The maximum atomic E-state index is 4.49. The monoisotopic (exact) mass is 265 g/mol. The molecule has 0 fully saturated rings. The van der Waals surface area contributed by atoms with Crippen molar-refractivity contribution < 1.29 is 0 Å². The Morgan fingerprint density at radius 2 is 1.89 bits per heavy atom. The maximum Gasteiger partial charge on any atom is 0.225 e. The van der Waals surface area contributed by atoms with E-state index in [0.29, 0.717) is 5.95 Å². The summed E-state index contributed by atoms with van der Waals surface area (Å²) in [6, 6.07) is 1.98. The summed E-state index contributed by atoms with van der Waals surface area (Å²) in [4.78, 5) is 11.1. The molecular formula is C14H27N5. The Kier molecular flexibility index (Phi) is 5.54. The van der Waals surface area contributed by atoms with Gasteiger partial charge < -0.3 is 15.5 Å². The fourth-order valence-corrected chi connectivity index (χ4v) is 1.66. The average molecular weight is 265 g/mol. The van der Waals surface area contributed by atoms with Gasteiger partial charge >= 0.3 is 0 Å². The van der Waals surface area contributed by atoms with Crippen LogP contribution in [0.4, 0.5) is 11.8 Å². The van der Waals surface area contributed by atoms with E-state index < -0.39 is 0 Å². The van der Waals surface area contributed by atoms with E-state index in [2.05, 4.69) is 60.4 Å². The molecule has 1 rings (SSSR count). The Bertz CT molecular complexity index is 395. The van der Waals surface area contributed by atoms with E-state index >= 15 is 0 Å². The van der Waals surface area contributed by atoms with Crippen molar-refractivity contribution in [3.63, 3.8) is 0 Å². The number of nitrogens with zero attached hydrogens (tertiary/aromatic N) is 3. The van der Waals surface area contributed by atoms with Crippen molar-refractivity contribution in [2.45, 2.75) is 39.7 Å². The molecule has 0 unspecified atom stereocenters. The molecule has 19 heavy (non-hydrogen) atoms. The number of aryl methyl sites for hydroxylation is 1. The van der Waals surface area contributed by atoms with Crippen LogP contribution in [0.1, 0.15) is 32.9 Å². The largest absolute Gasteiger partial charge is 0.370 e. The zero-order chi connectivity index (χ0) is 14.5. The third-order valence-corrected chi connectivity index (χ3v) is 2.43. The van der Waals surface area contributed by atoms with E-state index in [-0.39, 0.29) is 5.54 Å². The topological polar surface area (TPSA) is 53.1 Å². The third kappa shape index (κ3) is 6.96. The van der Waals surface area contributed by atoms with Crippen LogP contribution in [0.5, 0.6) is 0 Å². The number of hydrogen-bond acceptors (Lipinski definition) is 5. The highest BCUT2D eigenvalue weighted by atomic mass is 15.2. The van der Waals surface area contributed by atoms with Gasteiger partial charge in [-0.2, -0.15) is 4.98 Å². The highest BCUT2D eigenvalue weighted by Gasteiger charge is 2.12. The summed E-state index contributed by atoms with van der Waals surface area (Å²) >= 11 is 0. The molecular weight excluding hydrogens is 238 g/mol. The summed E-state index contributed by atoms with van der Waals surface area (Å²) in [5, 5.41) is 6.65. The van der Waals surface area contributed by atoms with Crippen molar-refractivity contribution in [3.8, 4) is 0 Å². The third-order valence-electron chi connectivity index (χ3n) is 2.43. The van der Waals surface area contributed by atoms with Crippen LogP contribution in [0, 0.1) is 6.92 Å². The van der Waals surface area contributed by atoms with Crippen molar-refractivity contribution in [2.75, 3.05) is 37.8 Å². The molecule has 0 saturated heterocycles. The zero-order valence-electron chi connectivity index (χ0n) is 13.0. The Morgan fingerprint density at radius 1 is 1.21 bits per heavy atom. The molecule has 1 aromatic rings. The van der Waals surface area contributed by atoms with Crippen molar-refractivity contribution in [3.05, 3.63) is 11.8 Å². The standard InChI is InChI=1S/C14H27N5/c1-11-10-12(15-8-7-9-19(5)6)17-13(16-11)18-14(2,3)4/h10H,7-9H2,1-6H3,(H2,15,16,17,18). The van der Waals surface area contributed by atoms with Gasteiger partial charge in [0.15, 0.2) is 0 Å². The quantitative estimate of drug-likeness (QED) is 0.773. The molecule has 5 nitrogen and oxygen atoms in total. The van der Waals surface area contributed by atoms with Gasteiger partial charge in [0.25, 0.3) is 0 Å². The molecule has 5 heteroatoms. The number of aromatic nitrogens is 2. The zero-order valence-corrected chi connectivity index (χ0v) is 13.0. The lowest BCUT2D eigenvalue weighted by Crippen LogP contribution is -2.27. The minimum Gasteiger partial charge on any atom is -0.370 e. The molecule has 0 bridgehead atoms. The van der Waals surface area contributed by atoms with Gasteiger partial charge in [-0.3, -0.25) is 0 Å². The van der Waals surface area contributed by atoms with Crippen LogP contribution in [-0.4, -0.2) is 47.6 Å². The van der Waals surface area contributed by atoms with Crippen molar-refractivity contribution in [1.29, 1.82) is 0 Å². The Hall–Kier alpha value is -1.36. The van der Waals surface area contributed by atoms with Crippen molar-refractivity contribution >= 4 is 11.8 Å². The van der Waals surface area contributed by atoms with Gasteiger partial charge in [-0.05, 0) is 54.8 Å². The molecule has 0 amide bonds. The van der Waals surface area contributed by atoms with E-state index in [1.807, 2.05) is 13.0 Å². The van der Waals surface area contributed by atoms with Crippen LogP contribution in [0.15, 0.2) is 6.07 Å². The molecule has 0 radical (unpaired) electrons. The van der Waals surface area contributed by atoms with Crippen LogP contribution < -0.4 is 10.6 Å². The van der Waals surface area contributed by atoms with Gasteiger partial charge in [-0.15, -0.1) is 0 Å². The van der Waals surface area contributed by atoms with Gasteiger partial charge in [0.1, 0.15) is 5.82 Å². The molecule has 0 aliphatic carbocycles. The van der Waals surface area contributed by atoms with Gasteiger partial charge in [0.05, 0.1) is 0 Å². The number of anilines is 2. The molecule has 0 aliphatic heterocycles. The van der Waals surface area contributed by atoms with Gasteiger partial charge in [-0.1, -0.05) is 0 Å². The Labute approximate surface area is 116 Å². The summed E-state index contributed by atoms with van der Waals surface area (Å²) in [7, 11) is 4.17. The lowest BCUT2D eigenvalue weighted by atomic mass is 10.1. The summed E-state index contributed by atoms with van der Waals surface area (Å²) in [6.07, 6.45) is 1.10. The molecule has 1 heterocycles. The van der Waals surface area contributed by atoms with E-state index in [1.54, 1.807) is 0 Å². The van der Waals surface area contributed by atoms with Crippen LogP contribution in [0.3, 0.4) is 0 Å². The Morgan fingerprint density at radius 3 is 2.47 bits per heavy atom. The van der Waals surface area contributed by atoms with Crippen LogP contribution in [0.2, 0.25) is 0 Å². The van der Waals surface area contributed by atoms with E-state index in [1.165, 1.54) is 0 Å². The molecule has 0 spiro atoms.